The summed E-state index contributed by atoms with van der Waals surface area (Å²) in [5, 5.41) is 1.23. The van der Waals surface area contributed by atoms with Crippen molar-refractivity contribution >= 4 is 20.7 Å². The summed E-state index contributed by atoms with van der Waals surface area (Å²) in [7, 11) is -1.05. The molecule has 3 aromatic rings. The van der Waals surface area contributed by atoms with Gasteiger partial charge in [-0.1, -0.05) is 36.4 Å². The van der Waals surface area contributed by atoms with Gasteiger partial charge in [0, 0.05) is 23.1 Å². The number of benzene rings is 2. The zero-order chi connectivity index (χ0) is 22.3. The third-order valence-electron chi connectivity index (χ3n) is 6.05. The third-order valence-corrected chi connectivity index (χ3v) is 7.79. The average molecular weight is 439 g/mol. The maximum atomic E-state index is 12.5. The van der Waals surface area contributed by atoms with E-state index in [1.807, 2.05) is 38.1 Å². The van der Waals surface area contributed by atoms with E-state index in [1.54, 1.807) is 24.3 Å². The first-order valence-electron chi connectivity index (χ1n) is 11.1. The van der Waals surface area contributed by atoms with Crippen LogP contribution in [-0.2, 0) is 22.7 Å². The lowest BCUT2D eigenvalue weighted by molar-refractivity contribution is 0.310. The molecule has 0 aliphatic carbocycles. The molecule has 0 bridgehead atoms. The number of allylic oxidation sites excluding steroid dienone is 2. The molecule has 0 radical (unpaired) electrons. The smallest absolute Gasteiger partial charge is 0.178 e. The SMILES string of the molecule is C/C=C\C.CN1CCC[C@@H]1Cc1c[nH]c2ccc(CCS(=O)(=O)c3ccccc3)cc12. The second-order valence-electron chi connectivity index (χ2n) is 8.22. The van der Waals surface area contributed by atoms with Gasteiger partial charge in [-0.15, -0.1) is 0 Å². The normalized spacial score (nSPS) is 17.2. The molecule has 0 unspecified atom stereocenters. The van der Waals surface area contributed by atoms with Gasteiger partial charge in [0.25, 0.3) is 0 Å². The summed E-state index contributed by atoms with van der Waals surface area (Å²) in [6.45, 7) is 5.18. The zero-order valence-corrected chi connectivity index (χ0v) is 19.7. The minimum atomic E-state index is -3.25. The van der Waals surface area contributed by atoms with E-state index in [0.29, 0.717) is 17.4 Å². The van der Waals surface area contributed by atoms with E-state index in [4.69, 9.17) is 0 Å². The van der Waals surface area contributed by atoms with Gasteiger partial charge in [-0.25, -0.2) is 8.42 Å². The zero-order valence-electron chi connectivity index (χ0n) is 18.8. The van der Waals surface area contributed by atoms with Gasteiger partial charge in [0.15, 0.2) is 9.84 Å². The number of aromatic nitrogens is 1. The molecule has 1 aliphatic heterocycles. The molecule has 1 aliphatic rings. The lowest BCUT2D eigenvalue weighted by Gasteiger charge is -2.18. The van der Waals surface area contributed by atoms with Crippen molar-refractivity contribution in [1.82, 2.24) is 9.88 Å². The second-order valence-corrected chi connectivity index (χ2v) is 10.3. The summed E-state index contributed by atoms with van der Waals surface area (Å²) in [5.74, 6) is 0.133. The maximum absolute atomic E-state index is 12.5. The Bertz CT molecular complexity index is 1100. The van der Waals surface area contributed by atoms with Gasteiger partial charge < -0.3 is 9.88 Å². The number of nitrogens with zero attached hydrogens (tertiary/aromatic N) is 1. The fraction of sp³-hybridized carbons (Fsp3) is 0.385. The number of fused-ring (bicyclic) bond motifs is 1. The highest BCUT2D eigenvalue weighted by Gasteiger charge is 2.22. The van der Waals surface area contributed by atoms with Crippen molar-refractivity contribution in [2.75, 3.05) is 19.3 Å². The van der Waals surface area contributed by atoms with Crippen molar-refractivity contribution in [2.24, 2.45) is 0 Å². The third kappa shape index (κ3) is 6.08. The van der Waals surface area contributed by atoms with E-state index in [-0.39, 0.29) is 5.75 Å². The highest BCUT2D eigenvalue weighted by Crippen LogP contribution is 2.26. The van der Waals surface area contributed by atoms with Gasteiger partial charge in [-0.3, -0.25) is 0 Å². The lowest BCUT2D eigenvalue weighted by Crippen LogP contribution is -2.26. The van der Waals surface area contributed by atoms with Crippen molar-refractivity contribution in [3.05, 3.63) is 78.0 Å². The van der Waals surface area contributed by atoms with Crippen LogP contribution in [0.1, 0.15) is 37.8 Å². The second kappa shape index (κ2) is 10.8. The predicted octanol–water partition coefficient (Wildman–Crippen LogP) is 5.40. The Morgan fingerprint density at radius 2 is 1.84 bits per heavy atom. The molecule has 31 heavy (non-hydrogen) atoms. The number of hydrogen-bond acceptors (Lipinski definition) is 3. The standard InChI is InChI=1S/C22H26N2O2S.C4H8/c1-24-12-5-6-19(24)15-18-16-23-22-10-9-17(14-21(18)22)11-13-27(25,26)20-7-3-2-4-8-20;1-3-4-2/h2-4,7-10,14,16,19,23H,5-6,11-13,15H2,1H3;3-4H,1-2H3/b;4-3-/t19-;/m1./s1. The molecule has 1 atom stereocenters. The number of nitrogens with one attached hydrogen (secondary N) is 1. The quantitative estimate of drug-likeness (QED) is 0.524. The lowest BCUT2D eigenvalue weighted by atomic mass is 10.0. The van der Waals surface area contributed by atoms with Gasteiger partial charge in [0.2, 0.25) is 0 Å². The monoisotopic (exact) mass is 438 g/mol. The minimum absolute atomic E-state index is 0.133. The van der Waals surface area contributed by atoms with Crippen LogP contribution >= 0.6 is 0 Å². The molecule has 1 saturated heterocycles. The van der Waals surface area contributed by atoms with Crippen molar-refractivity contribution in [1.29, 1.82) is 0 Å². The number of likely N-dealkylation sites (N-methyl/N-ethyl adjacent to an activating group) is 1. The number of aryl methyl sites for hydroxylation is 1. The van der Waals surface area contributed by atoms with Crippen molar-refractivity contribution in [3.8, 4) is 0 Å². The largest absolute Gasteiger partial charge is 0.361 e. The number of aromatic amines is 1. The van der Waals surface area contributed by atoms with E-state index >= 15 is 0 Å². The van der Waals surface area contributed by atoms with E-state index < -0.39 is 9.84 Å². The number of likely N-dealkylation sites (tertiary alicyclic amines) is 1. The Morgan fingerprint density at radius 3 is 2.48 bits per heavy atom. The molecule has 0 saturated carbocycles. The minimum Gasteiger partial charge on any atom is -0.361 e. The summed E-state index contributed by atoms with van der Waals surface area (Å²) in [6, 6.07) is 15.6. The van der Waals surface area contributed by atoms with Crippen LogP contribution in [-0.4, -0.2) is 43.7 Å². The Kier molecular flexibility index (Phi) is 8.10. The first-order chi connectivity index (χ1) is 14.9. The Morgan fingerprint density at radius 1 is 1.10 bits per heavy atom. The summed E-state index contributed by atoms with van der Waals surface area (Å²) in [5.41, 5.74) is 3.53. The number of rotatable bonds is 6. The first-order valence-corrected chi connectivity index (χ1v) is 12.7. The van der Waals surface area contributed by atoms with Crippen molar-refractivity contribution in [3.63, 3.8) is 0 Å². The molecule has 5 heteroatoms. The highest BCUT2D eigenvalue weighted by atomic mass is 32.2. The van der Waals surface area contributed by atoms with Crippen LogP contribution < -0.4 is 0 Å². The Labute approximate surface area is 186 Å². The first kappa shape index (κ1) is 23.3. The van der Waals surface area contributed by atoms with Gasteiger partial charge in [-0.05, 0) is 88.5 Å². The topological polar surface area (TPSA) is 53.2 Å². The molecule has 1 aromatic heterocycles. The number of sulfone groups is 1. The van der Waals surface area contributed by atoms with Crippen LogP contribution in [0.3, 0.4) is 0 Å². The molecular formula is C26H34N2O2S. The molecular weight excluding hydrogens is 404 g/mol. The van der Waals surface area contributed by atoms with Crippen LogP contribution in [0.2, 0.25) is 0 Å². The van der Waals surface area contributed by atoms with Crippen molar-refractivity contribution < 1.29 is 8.42 Å². The van der Waals surface area contributed by atoms with E-state index in [0.717, 1.165) is 17.5 Å². The fourth-order valence-electron chi connectivity index (χ4n) is 4.04. The fourth-order valence-corrected chi connectivity index (χ4v) is 5.35. The van der Waals surface area contributed by atoms with Crippen LogP contribution in [0.15, 0.2) is 71.8 Å². The Hall–Kier alpha value is -2.37. The van der Waals surface area contributed by atoms with Crippen molar-refractivity contribution in [2.45, 2.75) is 50.5 Å². The van der Waals surface area contributed by atoms with Gasteiger partial charge >= 0.3 is 0 Å². The van der Waals surface area contributed by atoms with Crippen LogP contribution in [0, 0.1) is 0 Å². The predicted molar refractivity (Wildman–Crippen MR) is 130 cm³/mol. The molecule has 1 N–H and O–H groups in total. The molecule has 0 spiro atoms. The average Bonchev–Trinajstić information content (AvgIpc) is 3.39. The number of hydrogen-bond donors (Lipinski definition) is 1. The highest BCUT2D eigenvalue weighted by molar-refractivity contribution is 7.91. The molecule has 0 amide bonds. The molecule has 166 valence electrons. The van der Waals surface area contributed by atoms with Crippen LogP contribution in [0.25, 0.3) is 10.9 Å². The number of H-pyrrole nitrogens is 1. The van der Waals surface area contributed by atoms with Gasteiger partial charge in [0.05, 0.1) is 10.6 Å². The van der Waals surface area contributed by atoms with E-state index in [1.165, 1.54) is 30.3 Å². The van der Waals surface area contributed by atoms with E-state index in [9.17, 15) is 8.42 Å². The summed E-state index contributed by atoms with van der Waals surface area (Å²) < 4.78 is 25.1. The molecule has 4 nitrogen and oxygen atoms in total. The van der Waals surface area contributed by atoms with Crippen LogP contribution in [0.4, 0.5) is 0 Å². The maximum Gasteiger partial charge on any atom is 0.178 e. The molecule has 4 rings (SSSR count). The molecule has 2 heterocycles. The van der Waals surface area contributed by atoms with Crippen LogP contribution in [0.5, 0.6) is 0 Å². The van der Waals surface area contributed by atoms with Gasteiger partial charge in [0.1, 0.15) is 0 Å². The summed E-state index contributed by atoms with van der Waals surface area (Å²) in [6.07, 6.45) is 10.2. The van der Waals surface area contributed by atoms with Gasteiger partial charge in [-0.2, -0.15) is 0 Å². The summed E-state index contributed by atoms with van der Waals surface area (Å²) in [4.78, 5) is 6.21. The van der Waals surface area contributed by atoms with E-state index in [2.05, 4.69) is 35.3 Å². The molecule has 1 fully saturated rings. The Balaban J connectivity index is 0.000000628. The molecule has 2 aromatic carbocycles. The summed E-state index contributed by atoms with van der Waals surface area (Å²) >= 11 is 0.